The zero-order valence-corrected chi connectivity index (χ0v) is 14.2. The molecule has 126 valence electrons. The van der Waals surface area contributed by atoms with Gasteiger partial charge in [-0.05, 0) is 50.5 Å². The molecule has 0 bridgehead atoms. The predicted molar refractivity (Wildman–Crippen MR) is 91.8 cm³/mol. The van der Waals surface area contributed by atoms with Gasteiger partial charge < -0.3 is 9.64 Å². The van der Waals surface area contributed by atoms with E-state index < -0.39 is 0 Å². The van der Waals surface area contributed by atoms with Crippen molar-refractivity contribution < 1.29 is 9.53 Å². The zero-order valence-electron chi connectivity index (χ0n) is 14.2. The molecule has 24 heavy (non-hydrogen) atoms. The number of aromatic nitrogens is 2. The summed E-state index contributed by atoms with van der Waals surface area (Å²) in [6, 6.07) is 9.70. The van der Waals surface area contributed by atoms with Gasteiger partial charge >= 0.3 is 0 Å². The number of carbonyl (C=O) groups excluding carboxylic acids is 1. The van der Waals surface area contributed by atoms with Crippen LogP contribution in [-0.2, 0) is 11.2 Å². The number of amides is 1. The summed E-state index contributed by atoms with van der Waals surface area (Å²) in [5, 5.41) is 0. The monoisotopic (exact) mass is 325 g/mol. The van der Waals surface area contributed by atoms with Gasteiger partial charge in [-0.1, -0.05) is 13.0 Å². The SMILES string of the molecule is CCc1nc(C)ccc1OCC(=O)N1CCC[C@@H]1c1ccccn1. The minimum atomic E-state index is 0.00535. The number of pyridine rings is 2. The molecule has 0 N–H and O–H groups in total. The molecule has 0 aromatic carbocycles. The fourth-order valence-electron chi connectivity index (χ4n) is 3.15. The Kier molecular flexibility index (Phi) is 5.08. The van der Waals surface area contributed by atoms with E-state index in [2.05, 4.69) is 9.97 Å². The molecule has 2 aromatic rings. The van der Waals surface area contributed by atoms with Gasteiger partial charge in [-0.3, -0.25) is 14.8 Å². The maximum Gasteiger partial charge on any atom is 0.261 e. The summed E-state index contributed by atoms with van der Waals surface area (Å²) in [5.41, 5.74) is 2.81. The van der Waals surface area contributed by atoms with E-state index in [0.29, 0.717) is 5.75 Å². The van der Waals surface area contributed by atoms with E-state index in [1.165, 1.54) is 0 Å². The molecular weight excluding hydrogens is 302 g/mol. The van der Waals surface area contributed by atoms with Crippen LogP contribution in [0, 0.1) is 6.92 Å². The number of carbonyl (C=O) groups is 1. The largest absolute Gasteiger partial charge is 0.482 e. The van der Waals surface area contributed by atoms with Gasteiger partial charge in [0, 0.05) is 18.4 Å². The highest BCUT2D eigenvalue weighted by molar-refractivity contribution is 5.78. The van der Waals surface area contributed by atoms with Gasteiger partial charge in [-0.2, -0.15) is 0 Å². The third kappa shape index (κ3) is 3.55. The molecule has 0 aliphatic carbocycles. The second kappa shape index (κ2) is 7.43. The van der Waals surface area contributed by atoms with Crippen LogP contribution in [-0.4, -0.2) is 33.9 Å². The van der Waals surface area contributed by atoms with Crippen LogP contribution in [0.1, 0.15) is 42.9 Å². The Labute approximate surface area is 142 Å². The van der Waals surface area contributed by atoms with Crippen molar-refractivity contribution >= 4 is 5.91 Å². The van der Waals surface area contributed by atoms with Crippen molar-refractivity contribution in [1.82, 2.24) is 14.9 Å². The molecule has 5 heteroatoms. The van der Waals surface area contributed by atoms with E-state index >= 15 is 0 Å². The van der Waals surface area contributed by atoms with Gasteiger partial charge in [0.2, 0.25) is 0 Å². The molecule has 5 nitrogen and oxygen atoms in total. The quantitative estimate of drug-likeness (QED) is 0.848. The Morgan fingerprint density at radius 2 is 2.21 bits per heavy atom. The van der Waals surface area contributed by atoms with Crippen molar-refractivity contribution in [2.24, 2.45) is 0 Å². The van der Waals surface area contributed by atoms with Crippen LogP contribution in [0.25, 0.3) is 0 Å². The molecule has 0 saturated carbocycles. The fraction of sp³-hybridized carbons (Fsp3) is 0.421. The normalized spacial score (nSPS) is 17.1. The van der Waals surface area contributed by atoms with Crippen molar-refractivity contribution in [2.75, 3.05) is 13.2 Å². The fourth-order valence-corrected chi connectivity index (χ4v) is 3.15. The number of aryl methyl sites for hydroxylation is 2. The second-order valence-electron chi connectivity index (χ2n) is 6.04. The van der Waals surface area contributed by atoms with Crippen LogP contribution in [0.5, 0.6) is 5.75 Å². The van der Waals surface area contributed by atoms with Crippen LogP contribution in [0.15, 0.2) is 36.5 Å². The molecule has 0 unspecified atom stereocenters. The zero-order chi connectivity index (χ0) is 16.9. The summed E-state index contributed by atoms with van der Waals surface area (Å²) in [6.45, 7) is 4.79. The molecule has 1 saturated heterocycles. The summed E-state index contributed by atoms with van der Waals surface area (Å²) in [5.74, 6) is 0.704. The second-order valence-corrected chi connectivity index (χ2v) is 6.04. The lowest BCUT2D eigenvalue weighted by Crippen LogP contribution is -2.34. The first-order chi connectivity index (χ1) is 11.7. The summed E-state index contributed by atoms with van der Waals surface area (Å²) in [4.78, 5) is 23.4. The van der Waals surface area contributed by atoms with Gasteiger partial charge in [0.15, 0.2) is 6.61 Å². The maximum atomic E-state index is 12.6. The standard InChI is InChI=1S/C19H23N3O2/c1-3-15-18(10-9-14(2)21-15)24-13-19(23)22-12-6-8-17(22)16-7-4-5-11-20-16/h4-5,7,9-11,17H,3,6,8,12-13H2,1-2H3/t17-/m1/s1. The Balaban J connectivity index is 1.67. The predicted octanol–water partition coefficient (Wildman–Crippen LogP) is 3.09. The molecule has 1 fully saturated rings. The first kappa shape index (κ1) is 16.4. The number of nitrogens with zero attached hydrogens (tertiary/aromatic N) is 3. The van der Waals surface area contributed by atoms with Crippen molar-refractivity contribution in [3.05, 3.63) is 53.6 Å². The molecule has 1 aliphatic heterocycles. The smallest absolute Gasteiger partial charge is 0.261 e. The van der Waals surface area contributed by atoms with E-state index in [1.54, 1.807) is 6.20 Å². The Morgan fingerprint density at radius 1 is 1.33 bits per heavy atom. The Bertz CT molecular complexity index is 703. The van der Waals surface area contributed by atoms with E-state index in [4.69, 9.17) is 4.74 Å². The van der Waals surface area contributed by atoms with Crippen molar-refractivity contribution in [2.45, 2.75) is 39.2 Å². The molecule has 1 aliphatic rings. The summed E-state index contributed by atoms with van der Waals surface area (Å²) in [6.07, 6.45) is 4.51. The van der Waals surface area contributed by atoms with E-state index in [-0.39, 0.29) is 18.6 Å². The van der Waals surface area contributed by atoms with Gasteiger partial charge in [-0.15, -0.1) is 0 Å². The first-order valence-corrected chi connectivity index (χ1v) is 8.48. The van der Waals surface area contributed by atoms with Crippen LogP contribution in [0.3, 0.4) is 0 Å². The summed E-state index contributed by atoms with van der Waals surface area (Å²) >= 11 is 0. The molecule has 3 heterocycles. The minimum Gasteiger partial charge on any atom is -0.482 e. The minimum absolute atomic E-state index is 0.00535. The lowest BCUT2D eigenvalue weighted by atomic mass is 10.1. The molecule has 0 spiro atoms. The lowest BCUT2D eigenvalue weighted by Gasteiger charge is -2.24. The van der Waals surface area contributed by atoms with Crippen LogP contribution in [0.4, 0.5) is 0 Å². The molecule has 2 aromatic heterocycles. The number of hydrogen-bond acceptors (Lipinski definition) is 4. The molecule has 1 amide bonds. The highest BCUT2D eigenvalue weighted by Gasteiger charge is 2.30. The van der Waals surface area contributed by atoms with E-state index in [0.717, 1.165) is 42.9 Å². The average Bonchev–Trinajstić information content (AvgIpc) is 3.11. The molecule has 1 atom stereocenters. The van der Waals surface area contributed by atoms with E-state index in [1.807, 2.05) is 49.1 Å². The van der Waals surface area contributed by atoms with Gasteiger partial charge in [0.1, 0.15) is 5.75 Å². The average molecular weight is 325 g/mol. The number of rotatable bonds is 5. The van der Waals surface area contributed by atoms with Crippen LogP contribution >= 0.6 is 0 Å². The van der Waals surface area contributed by atoms with E-state index in [9.17, 15) is 4.79 Å². The Hall–Kier alpha value is -2.43. The summed E-state index contributed by atoms with van der Waals surface area (Å²) in [7, 11) is 0. The highest BCUT2D eigenvalue weighted by Crippen LogP contribution is 2.30. The van der Waals surface area contributed by atoms with Crippen LogP contribution < -0.4 is 4.74 Å². The summed E-state index contributed by atoms with van der Waals surface area (Å²) < 4.78 is 5.77. The van der Waals surface area contributed by atoms with Gasteiger partial charge in [-0.25, -0.2) is 0 Å². The highest BCUT2D eigenvalue weighted by atomic mass is 16.5. The number of likely N-dealkylation sites (tertiary alicyclic amines) is 1. The lowest BCUT2D eigenvalue weighted by molar-refractivity contribution is -0.134. The number of hydrogen-bond donors (Lipinski definition) is 0. The van der Waals surface area contributed by atoms with Crippen LogP contribution in [0.2, 0.25) is 0 Å². The van der Waals surface area contributed by atoms with Crippen molar-refractivity contribution in [3.63, 3.8) is 0 Å². The maximum absolute atomic E-state index is 12.6. The first-order valence-electron chi connectivity index (χ1n) is 8.48. The van der Waals surface area contributed by atoms with Crippen molar-refractivity contribution in [3.8, 4) is 5.75 Å². The van der Waals surface area contributed by atoms with Crippen molar-refractivity contribution in [1.29, 1.82) is 0 Å². The Morgan fingerprint density at radius 3 is 2.96 bits per heavy atom. The number of ether oxygens (including phenoxy) is 1. The van der Waals surface area contributed by atoms with Gasteiger partial charge in [0.05, 0.1) is 17.4 Å². The molecule has 0 radical (unpaired) electrons. The topological polar surface area (TPSA) is 55.3 Å². The molecule has 3 rings (SSSR count). The van der Waals surface area contributed by atoms with Gasteiger partial charge in [0.25, 0.3) is 5.91 Å². The third-order valence-electron chi connectivity index (χ3n) is 4.36. The third-order valence-corrected chi connectivity index (χ3v) is 4.36. The molecular formula is C19H23N3O2.